The van der Waals surface area contributed by atoms with Crippen LogP contribution in [0.4, 0.5) is 0 Å². The molecule has 0 N–H and O–H groups in total. The zero-order valence-electron chi connectivity index (χ0n) is 31.0. The van der Waals surface area contributed by atoms with Gasteiger partial charge in [0.2, 0.25) is 0 Å². The van der Waals surface area contributed by atoms with Gasteiger partial charge in [-0.2, -0.15) is 0 Å². The Kier molecular flexibility index (Phi) is 19.5. The van der Waals surface area contributed by atoms with Gasteiger partial charge in [0.05, 0.1) is 39.9 Å². The van der Waals surface area contributed by atoms with Crippen LogP contribution in [0, 0.1) is 0 Å². The zero-order valence-corrected chi connectivity index (χ0v) is 35.8. The first-order valence-corrected chi connectivity index (χ1v) is 23.3. The molecule has 8 heteroatoms. The Labute approximate surface area is 328 Å². The number of carbonyl (C=O) groups is 2. The van der Waals surface area contributed by atoms with E-state index in [4.69, 9.17) is 0 Å². The highest BCUT2D eigenvalue weighted by atomic mass is 79.9. The topological polar surface area (TPSA) is 40.6 Å². The molecule has 0 saturated heterocycles. The summed E-state index contributed by atoms with van der Waals surface area (Å²) < 4.78 is 2.02. The second kappa shape index (κ2) is 23.4. The maximum Gasteiger partial charge on any atom is 0.261 e. The molecule has 4 rings (SSSR count). The van der Waals surface area contributed by atoms with Gasteiger partial charge in [-0.05, 0) is 69.0 Å². The van der Waals surface area contributed by atoms with Gasteiger partial charge in [0, 0.05) is 13.1 Å². The lowest BCUT2D eigenvalue weighted by Crippen LogP contribution is -2.30. The second-order valence-corrected chi connectivity index (χ2v) is 19.3. The van der Waals surface area contributed by atoms with Crippen molar-refractivity contribution in [1.82, 2.24) is 9.80 Å². The number of nitrogens with zero attached hydrogens (tertiary/aromatic N) is 2. The largest absolute Gasteiger partial charge is 0.306 e. The fourth-order valence-corrected chi connectivity index (χ4v) is 10.3. The van der Waals surface area contributed by atoms with Crippen LogP contribution in [-0.2, 0) is 9.59 Å². The van der Waals surface area contributed by atoms with Gasteiger partial charge >= 0.3 is 0 Å². The molecular weight excluding hydrogens is 788 g/mol. The van der Waals surface area contributed by atoms with Crippen LogP contribution in [0.5, 0.6) is 0 Å². The SMILES string of the molecule is CCCCCCCCCCCCCCN1C(=O)C2=C(c3ccc(Br)s3)N(CCCCCCCCCCCCCC)C(=O)C2=C1c1ccc(Br)s1. The van der Waals surface area contributed by atoms with Crippen molar-refractivity contribution in [3.8, 4) is 0 Å². The van der Waals surface area contributed by atoms with Gasteiger partial charge in [0.1, 0.15) is 0 Å². The van der Waals surface area contributed by atoms with Crippen molar-refractivity contribution in [3.63, 3.8) is 0 Å². The Morgan fingerprint density at radius 2 is 0.720 bits per heavy atom. The summed E-state index contributed by atoms with van der Waals surface area (Å²) in [5, 5.41) is 0. The van der Waals surface area contributed by atoms with E-state index in [1.807, 2.05) is 21.9 Å². The smallest absolute Gasteiger partial charge is 0.261 e. The van der Waals surface area contributed by atoms with Crippen molar-refractivity contribution in [2.45, 2.75) is 168 Å². The number of hydrogen-bond donors (Lipinski definition) is 0. The minimum absolute atomic E-state index is 0.00679. The monoisotopic (exact) mass is 848 g/mol. The standard InChI is InChI=1S/C42H62Br2N2O2S2/c1-3-5-7-9-11-13-15-17-19-21-23-25-31-45-39(33-27-29-35(43)49-33)37-38(41(45)47)40(34-28-30-36(44)50-34)46(42(37)48)32-26-24-22-20-18-16-14-12-10-8-6-4-2/h27-30H,3-26,31-32H2,1-2H3. The van der Waals surface area contributed by atoms with Gasteiger partial charge in [-0.1, -0.05) is 155 Å². The summed E-state index contributed by atoms with van der Waals surface area (Å²) in [6.07, 6.45) is 30.8. The lowest BCUT2D eigenvalue weighted by molar-refractivity contribution is -0.124. The minimum Gasteiger partial charge on any atom is -0.306 e. The average Bonchev–Trinajstić information content (AvgIpc) is 3.87. The number of thiophene rings is 2. The fourth-order valence-electron chi connectivity index (χ4n) is 7.44. The van der Waals surface area contributed by atoms with Gasteiger partial charge in [0.15, 0.2) is 0 Å². The van der Waals surface area contributed by atoms with Crippen LogP contribution in [0.25, 0.3) is 11.4 Å². The molecule has 4 heterocycles. The Balaban J connectivity index is 1.35. The maximum atomic E-state index is 14.4. The number of unbranched alkanes of at least 4 members (excludes halogenated alkanes) is 22. The quantitative estimate of drug-likeness (QED) is 0.0800. The summed E-state index contributed by atoms with van der Waals surface area (Å²) in [4.78, 5) is 34.6. The predicted molar refractivity (Wildman–Crippen MR) is 223 cm³/mol. The number of carbonyl (C=O) groups excluding carboxylic acids is 2. The molecule has 4 nitrogen and oxygen atoms in total. The van der Waals surface area contributed by atoms with E-state index in [1.165, 1.54) is 128 Å². The Bertz CT molecular complexity index is 1290. The molecule has 0 unspecified atom stereocenters. The lowest BCUT2D eigenvalue weighted by atomic mass is 10.1. The van der Waals surface area contributed by atoms with Gasteiger partial charge < -0.3 is 9.80 Å². The summed E-state index contributed by atoms with van der Waals surface area (Å²) in [6, 6.07) is 8.18. The summed E-state index contributed by atoms with van der Waals surface area (Å²) in [7, 11) is 0. The molecule has 2 aliphatic rings. The maximum absolute atomic E-state index is 14.4. The first-order valence-electron chi connectivity index (χ1n) is 20.1. The summed E-state index contributed by atoms with van der Waals surface area (Å²) >= 11 is 10.5. The third-order valence-electron chi connectivity index (χ3n) is 10.3. The molecule has 278 valence electrons. The van der Waals surface area contributed by atoms with E-state index in [-0.39, 0.29) is 11.8 Å². The molecule has 0 aliphatic carbocycles. The van der Waals surface area contributed by atoms with Gasteiger partial charge in [-0.15, -0.1) is 22.7 Å². The Hall–Kier alpha value is -1.22. The third kappa shape index (κ3) is 12.4. The highest BCUT2D eigenvalue weighted by Gasteiger charge is 2.49. The first-order chi connectivity index (χ1) is 24.5. The van der Waals surface area contributed by atoms with E-state index in [1.54, 1.807) is 22.7 Å². The summed E-state index contributed by atoms with van der Waals surface area (Å²) in [5.41, 5.74) is 2.86. The molecule has 0 spiro atoms. The minimum atomic E-state index is -0.00679. The molecular formula is C42H62Br2N2O2S2. The number of halogens is 2. The van der Waals surface area contributed by atoms with Crippen LogP contribution < -0.4 is 0 Å². The highest BCUT2D eigenvalue weighted by molar-refractivity contribution is 9.11. The normalized spacial score (nSPS) is 14.7. The molecule has 2 aromatic rings. The summed E-state index contributed by atoms with van der Waals surface area (Å²) in [5.74, 6) is -0.0136. The van der Waals surface area contributed by atoms with E-state index in [0.717, 1.165) is 54.4 Å². The molecule has 0 saturated carbocycles. The molecule has 0 atom stereocenters. The van der Waals surface area contributed by atoms with Crippen LogP contribution in [0.2, 0.25) is 0 Å². The van der Waals surface area contributed by atoms with Crippen molar-refractivity contribution in [3.05, 3.63) is 52.7 Å². The first kappa shape index (κ1) is 41.5. The van der Waals surface area contributed by atoms with Crippen molar-refractivity contribution < 1.29 is 9.59 Å². The highest BCUT2D eigenvalue weighted by Crippen LogP contribution is 2.49. The van der Waals surface area contributed by atoms with E-state index in [2.05, 4.69) is 57.8 Å². The second-order valence-electron chi connectivity index (χ2n) is 14.3. The lowest BCUT2D eigenvalue weighted by Gasteiger charge is -2.24. The van der Waals surface area contributed by atoms with E-state index >= 15 is 0 Å². The van der Waals surface area contributed by atoms with Crippen molar-refractivity contribution in [2.24, 2.45) is 0 Å². The molecule has 50 heavy (non-hydrogen) atoms. The molecule has 0 radical (unpaired) electrons. The van der Waals surface area contributed by atoms with Crippen molar-refractivity contribution >= 4 is 77.7 Å². The van der Waals surface area contributed by atoms with Crippen LogP contribution in [-0.4, -0.2) is 34.7 Å². The fraction of sp³-hybridized carbons (Fsp3) is 0.667. The van der Waals surface area contributed by atoms with Gasteiger partial charge in [-0.25, -0.2) is 0 Å². The Morgan fingerprint density at radius 3 is 0.980 bits per heavy atom. The average molecular weight is 851 g/mol. The van der Waals surface area contributed by atoms with Crippen LogP contribution in [0.15, 0.2) is 43.0 Å². The van der Waals surface area contributed by atoms with Crippen LogP contribution in [0.1, 0.15) is 178 Å². The zero-order chi connectivity index (χ0) is 35.6. The van der Waals surface area contributed by atoms with Crippen molar-refractivity contribution in [1.29, 1.82) is 0 Å². The summed E-state index contributed by atoms with van der Waals surface area (Å²) in [6.45, 7) is 5.86. The number of rotatable bonds is 28. The Morgan fingerprint density at radius 1 is 0.440 bits per heavy atom. The van der Waals surface area contributed by atoms with Crippen LogP contribution >= 0.6 is 54.5 Å². The molecule has 0 bridgehead atoms. The van der Waals surface area contributed by atoms with E-state index in [0.29, 0.717) is 24.2 Å². The predicted octanol–water partition coefficient (Wildman–Crippen LogP) is 14.5. The number of hydrogen-bond acceptors (Lipinski definition) is 4. The van der Waals surface area contributed by atoms with Crippen LogP contribution in [0.3, 0.4) is 0 Å². The molecule has 0 fully saturated rings. The number of fused-ring (bicyclic) bond motifs is 1. The van der Waals surface area contributed by atoms with E-state index < -0.39 is 0 Å². The van der Waals surface area contributed by atoms with Crippen molar-refractivity contribution in [2.75, 3.05) is 13.1 Å². The molecule has 2 aliphatic heterocycles. The molecule has 2 aromatic heterocycles. The number of amides is 2. The molecule has 2 amide bonds. The molecule has 0 aromatic carbocycles. The third-order valence-corrected chi connectivity index (χ3v) is 13.5. The van der Waals surface area contributed by atoms with E-state index in [9.17, 15) is 9.59 Å². The van der Waals surface area contributed by atoms with Gasteiger partial charge in [0.25, 0.3) is 11.8 Å². The van der Waals surface area contributed by atoms with Gasteiger partial charge in [-0.3, -0.25) is 9.59 Å².